The van der Waals surface area contributed by atoms with Gasteiger partial charge in [-0.15, -0.1) is 0 Å². The van der Waals surface area contributed by atoms with Gasteiger partial charge in [0, 0.05) is 12.1 Å². The molecule has 1 fully saturated rings. The third-order valence-electron chi connectivity index (χ3n) is 4.27. The maximum atomic E-state index is 10.8. The molecule has 6 heteroatoms. The summed E-state index contributed by atoms with van der Waals surface area (Å²) in [6.07, 6.45) is 3.68. The largest absolute Gasteiger partial charge is 0.394 e. The lowest BCUT2D eigenvalue weighted by atomic mass is 9.77. The number of aliphatic hydroxyl groups excluding tert-OH is 1. The number of nitrogens with zero attached hydrogens (tertiary/aromatic N) is 2. The van der Waals surface area contributed by atoms with E-state index in [1.165, 1.54) is 12.1 Å². The Morgan fingerprint density at radius 3 is 2.71 bits per heavy atom. The van der Waals surface area contributed by atoms with Gasteiger partial charge in [-0.1, -0.05) is 6.92 Å². The van der Waals surface area contributed by atoms with Crippen LogP contribution in [0.5, 0.6) is 0 Å². The maximum Gasteiger partial charge on any atom is 0.270 e. The van der Waals surface area contributed by atoms with Crippen LogP contribution in [0.15, 0.2) is 18.2 Å². The van der Waals surface area contributed by atoms with Crippen molar-refractivity contribution in [3.63, 3.8) is 0 Å². The molecule has 0 aromatic heterocycles. The highest BCUT2D eigenvalue weighted by atomic mass is 16.6. The van der Waals surface area contributed by atoms with Gasteiger partial charge in [0.05, 0.1) is 28.3 Å². The summed E-state index contributed by atoms with van der Waals surface area (Å²) < 4.78 is 0. The zero-order valence-corrected chi connectivity index (χ0v) is 12.0. The highest BCUT2D eigenvalue weighted by Crippen LogP contribution is 2.35. The summed E-state index contributed by atoms with van der Waals surface area (Å²) in [6.45, 7) is 2.18. The van der Waals surface area contributed by atoms with Crippen LogP contribution >= 0.6 is 0 Å². The summed E-state index contributed by atoms with van der Waals surface area (Å²) in [5.74, 6) is 0.638. The molecule has 0 spiro atoms. The van der Waals surface area contributed by atoms with Crippen molar-refractivity contribution in [2.45, 2.75) is 38.1 Å². The number of nitrogens with one attached hydrogen (secondary N) is 1. The van der Waals surface area contributed by atoms with Crippen LogP contribution in [-0.2, 0) is 0 Å². The molecule has 2 rings (SSSR count). The molecular weight excluding hydrogens is 270 g/mol. The first-order valence-electron chi connectivity index (χ1n) is 7.07. The average Bonchev–Trinajstić information content (AvgIpc) is 2.50. The van der Waals surface area contributed by atoms with Crippen molar-refractivity contribution in [3.05, 3.63) is 33.9 Å². The number of hydrogen-bond acceptors (Lipinski definition) is 5. The van der Waals surface area contributed by atoms with Crippen LogP contribution in [0.1, 0.15) is 38.2 Å². The molecule has 0 saturated heterocycles. The molecule has 1 aliphatic rings. The van der Waals surface area contributed by atoms with Crippen LogP contribution in [0.2, 0.25) is 0 Å². The minimum atomic E-state index is -0.519. The van der Waals surface area contributed by atoms with Crippen molar-refractivity contribution < 1.29 is 10.0 Å². The molecule has 0 heterocycles. The fraction of sp³-hybridized carbons (Fsp3) is 0.533. The predicted octanol–water partition coefficient (Wildman–Crippen LogP) is 2.82. The van der Waals surface area contributed by atoms with Crippen molar-refractivity contribution in [2.24, 2.45) is 5.92 Å². The van der Waals surface area contributed by atoms with Crippen LogP contribution in [0.4, 0.5) is 11.4 Å². The highest BCUT2D eigenvalue weighted by Gasteiger charge is 2.34. The fourth-order valence-corrected chi connectivity index (χ4v) is 2.77. The maximum absolute atomic E-state index is 10.8. The first-order valence-corrected chi connectivity index (χ1v) is 7.07. The van der Waals surface area contributed by atoms with Gasteiger partial charge in [-0.3, -0.25) is 10.1 Å². The minimum Gasteiger partial charge on any atom is -0.394 e. The molecule has 112 valence electrons. The smallest absolute Gasteiger partial charge is 0.270 e. The van der Waals surface area contributed by atoms with E-state index >= 15 is 0 Å². The first-order chi connectivity index (χ1) is 9.99. The summed E-state index contributed by atoms with van der Waals surface area (Å²) in [5.41, 5.74) is 0.239. The monoisotopic (exact) mass is 289 g/mol. The van der Waals surface area contributed by atoms with Gasteiger partial charge in [0.2, 0.25) is 0 Å². The highest BCUT2D eigenvalue weighted by molar-refractivity contribution is 5.62. The summed E-state index contributed by atoms with van der Waals surface area (Å²) in [6, 6.07) is 6.17. The van der Waals surface area contributed by atoms with Gasteiger partial charge in [-0.25, -0.2) is 0 Å². The zero-order valence-electron chi connectivity index (χ0n) is 12.0. The summed E-state index contributed by atoms with van der Waals surface area (Å²) in [4.78, 5) is 10.2. The van der Waals surface area contributed by atoms with E-state index in [0.717, 1.165) is 25.7 Å². The molecule has 1 aromatic carbocycles. The Labute approximate surface area is 123 Å². The molecule has 0 amide bonds. The lowest BCUT2D eigenvalue weighted by Gasteiger charge is -2.39. The Morgan fingerprint density at radius 1 is 1.52 bits per heavy atom. The molecule has 0 atom stereocenters. The Hall–Kier alpha value is -2.13. The minimum absolute atomic E-state index is 0.0123. The Balaban J connectivity index is 2.26. The second kappa shape index (κ2) is 6.10. The lowest BCUT2D eigenvalue weighted by molar-refractivity contribution is -0.384. The van der Waals surface area contributed by atoms with Gasteiger partial charge in [0.15, 0.2) is 0 Å². The molecule has 6 nitrogen and oxygen atoms in total. The average molecular weight is 289 g/mol. The van der Waals surface area contributed by atoms with E-state index in [4.69, 9.17) is 0 Å². The van der Waals surface area contributed by atoms with E-state index in [1.54, 1.807) is 6.07 Å². The van der Waals surface area contributed by atoms with Crippen molar-refractivity contribution in [3.8, 4) is 6.07 Å². The number of non-ortho nitro benzene ring substituents is 1. The van der Waals surface area contributed by atoms with E-state index in [-0.39, 0.29) is 17.9 Å². The van der Waals surface area contributed by atoms with E-state index in [2.05, 4.69) is 12.2 Å². The van der Waals surface area contributed by atoms with Crippen LogP contribution < -0.4 is 5.32 Å². The standard InChI is InChI=1S/C15H19N3O3/c1-11-4-6-15(10-19,7-5-11)17-14-3-2-13(18(20)21)8-12(14)9-16/h2-3,8,11,17,19H,4-7,10H2,1H3. The Morgan fingerprint density at radius 2 is 2.19 bits per heavy atom. The Kier molecular flexibility index (Phi) is 4.43. The summed E-state index contributed by atoms with van der Waals surface area (Å²) in [7, 11) is 0. The van der Waals surface area contributed by atoms with Gasteiger partial charge in [-0.05, 0) is 37.7 Å². The number of aliphatic hydroxyl groups is 1. The molecule has 0 aliphatic heterocycles. The van der Waals surface area contributed by atoms with Crippen molar-refractivity contribution in [2.75, 3.05) is 11.9 Å². The first kappa shape index (κ1) is 15.3. The lowest BCUT2D eigenvalue weighted by Crippen LogP contribution is -2.45. The molecule has 1 saturated carbocycles. The normalized spacial score (nSPS) is 25.1. The van der Waals surface area contributed by atoms with Crippen LogP contribution in [-0.4, -0.2) is 22.2 Å². The predicted molar refractivity (Wildman–Crippen MR) is 78.9 cm³/mol. The van der Waals surface area contributed by atoms with Crippen molar-refractivity contribution in [1.29, 1.82) is 5.26 Å². The third kappa shape index (κ3) is 3.31. The molecule has 2 N–H and O–H groups in total. The van der Waals surface area contributed by atoms with Crippen LogP contribution in [0.3, 0.4) is 0 Å². The zero-order chi connectivity index (χ0) is 15.5. The second-order valence-electron chi connectivity index (χ2n) is 5.84. The second-order valence-corrected chi connectivity index (χ2v) is 5.84. The van der Waals surface area contributed by atoms with E-state index in [9.17, 15) is 20.5 Å². The SMILES string of the molecule is CC1CCC(CO)(Nc2ccc([N+](=O)[O-])cc2C#N)CC1. The molecule has 0 bridgehead atoms. The fourth-order valence-electron chi connectivity index (χ4n) is 2.77. The third-order valence-corrected chi connectivity index (χ3v) is 4.27. The van der Waals surface area contributed by atoms with Crippen molar-refractivity contribution in [1.82, 2.24) is 0 Å². The molecule has 0 unspecified atom stereocenters. The molecular formula is C15H19N3O3. The molecule has 0 radical (unpaired) electrons. The number of nitriles is 1. The number of nitro benzene ring substituents is 1. The van der Waals surface area contributed by atoms with E-state index in [0.29, 0.717) is 11.6 Å². The van der Waals surface area contributed by atoms with Gasteiger partial charge in [0.25, 0.3) is 5.69 Å². The number of nitro groups is 1. The quantitative estimate of drug-likeness (QED) is 0.656. The number of anilines is 1. The van der Waals surface area contributed by atoms with Crippen molar-refractivity contribution >= 4 is 11.4 Å². The summed E-state index contributed by atoms with van der Waals surface area (Å²) >= 11 is 0. The number of benzene rings is 1. The van der Waals surface area contributed by atoms with Gasteiger partial charge >= 0.3 is 0 Å². The van der Waals surface area contributed by atoms with Crippen LogP contribution in [0, 0.1) is 27.4 Å². The molecule has 1 aromatic rings. The van der Waals surface area contributed by atoms with Gasteiger partial charge < -0.3 is 10.4 Å². The Bertz CT molecular complexity index is 572. The van der Waals surface area contributed by atoms with Gasteiger partial charge in [0.1, 0.15) is 6.07 Å². The summed E-state index contributed by atoms with van der Waals surface area (Å²) in [5, 5.41) is 32.9. The van der Waals surface area contributed by atoms with E-state index < -0.39 is 10.5 Å². The van der Waals surface area contributed by atoms with E-state index in [1.807, 2.05) is 6.07 Å². The number of rotatable bonds is 4. The van der Waals surface area contributed by atoms with Gasteiger partial charge in [-0.2, -0.15) is 5.26 Å². The topological polar surface area (TPSA) is 99.2 Å². The van der Waals surface area contributed by atoms with Crippen LogP contribution in [0.25, 0.3) is 0 Å². The number of hydrogen-bond donors (Lipinski definition) is 2. The molecule has 1 aliphatic carbocycles. The molecule has 21 heavy (non-hydrogen) atoms.